The normalized spacial score (nSPS) is 13.8. The van der Waals surface area contributed by atoms with Gasteiger partial charge in [0.2, 0.25) is 0 Å². The van der Waals surface area contributed by atoms with E-state index in [1.54, 1.807) is 11.0 Å². The van der Waals surface area contributed by atoms with E-state index < -0.39 is 0 Å². The summed E-state index contributed by atoms with van der Waals surface area (Å²) in [6, 6.07) is 9.86. The lowest BCUT2D eigenvalue weighted by Crippen LogP contribution is -2.32. The van der Waals surface area contributed by atoms with E-state index in [0.717, 1.165) is 36.0 Å². The summed E-state index contributed by atoms with van der Waals surface area (Å²) in [6.07, 6.45) is 4.38. The van der Waals surface area contributed by atoms with Crippen molar-refractivity contribution in [1.29, 1.82) is 0 Å². The van der Waals surface area contributed by atoms with Crippen molar-refractivity contribution >= 4 is 17.0 Å². The van der Waals surface area contributed by atoms with Gasteiger partial charge in [0, 0.05) is 12.7 Å². The molecule has 26 heavy (non-hydrogen) atoms. The van der Waals surface area contributed by atoms with Crippen LogP contribution in [0, 0.1) is 6.92 Å². The first kappa shape index (κ1) is 14.9. The Labute approximate surface area is 149 Å². The number of anilines is 1. The van der Waals surface area contributed by atoms with Crippen molar-refractivity contribution in [2.75, 3.05) is 11.4 Å². The minimum absolute atomic E-state index is 0.684. The number of aryl methyl sites for hydroxylation is 1. The number of aromatic nitrogens is 7. The Bertz CT molecular complexity index is 1090. The zero-order valence-corrected chi connectivity index (χ0v) is 14.2. The fourth-order valence-electron chi connectivity index (χ4n) is 3.29. The quantitative estimate of drug-likeness (QED) is 0.549. The van der Waals surface area contributed by atoms with Crippen LogP contribution in [0.25, 0.3) is 16.9 Å². The minimum atomic E-state index is 0.684. The Kier molecular flexibility index (Phi) is 3.34. The molecule has 4 heterocycles. The van der Waals surface area contributed by atoms with Gasteiger partial charge in [-0.05, 0) is 31.0 Å². The molecule has 5 rings (SSSR count). The van der Waals surface area contributed by atoms with Crippen LogP contribution < -0.4 is 4.90 Å². The molecular weight excluding hydrogens is 328 g/mol. The second-order valence-electron chi connectivity index (χ2n) is 6.27. The van der Waals surface area contributed by atoms with E-state index in [2.05, 4.69) is 35.1 Å². The van der Waals surface area contributed by atoms with Gasteiger partial charge in [-0.3, -0.25) is 0 Å². The topological polar surface area (TPSA) is 85.5 Å². The third kappa shape index (κ3) is 2.38. The summed E-state index contributed by atoms with van der Waals surface area (Å²) in [6.45, 7) is 3.43. The number of hydrogen-bond acceptors (Lipinski definition) is 7. The summed E-state index contributed by atoms with van der Waals surface area (Å²) in [5, 5.41) is 8.65. The molecule has 0 amide bonds. The third-order valence-corrected chi connectivity index (χ3v) is 4.59. The van der Waals surface area contributed by atoms with E-state index >= 15 is 0 Å². The van der Waals surface area contributed by atoms with Crippen LogP contribution >= 0.6 is 0 Å². The lowest BCUT2D eigenvalue weighted by Gasteiger charge is -2.28. The number of fused-ring (bicyclic) bond motifs is 2. The van der Waals surface area contributed by atoms with Crippen molar-refractivity contribution in [3.8, 4) is 5.69 Å². The number of rotatable bonds is 2. The molecule has 0 aliphatic carbocycles. The predicted octanol–water partition coefficient (Wildman–Crippen LogP) is 1.87. The van der Waals surface area contributed by atoms with Crippen LogP contribution in [-0.2, 0) is 13.0 Å². The number of benzene rings is 1. The van der Waals surface area contributed by atoms with Gasteiger partial charge < -0.3 is 4.90 Å². The molecule has 3 aromatic heterocycles. The monoisotopic (exact) mass is 344 g/mol. The molecule has 0 fully saturated rings. The summed E-state index contributed by atoms with van der Waals surface area (Å²) in [7, 11) is 0. The van der Waals surface area contributed by atoms with Crippen molar-refractivity contribution in [2.45, 2.75) is 19.9 Å². The van der Waals surface area contributed by atoms with Gasteiger partial charge in [-0.1, -0.05) is 23.4 Å². The molecule has 0 atom stereocenters. The maximum Gasteiger partial charge on any atom is 0.189 e. The van der Waals surface area contributed by atoms with E-state index in [1.165, 1.54) is 5.56 Å². The fourth-order valence-corrected chi connectivity index (χ4v) is 3.29. The molecule has 128 valence electrons. The van der Waals surface area contributed by atoms with Gasteiger partial charge in [0.1, 0.15) is 12.2 Å². The molecule has 0 N–H and O–H groups in total. The zero-order valence-electron chi connectivity index (χ0n) is 14.2. The van der Waals surface area contributed by atoms with E-state index in [-0.39, 0.29) is 0 Å². The van der Waals surface area contributed by atoms with Crippen LogP contribution in [-0.4, -0.2) is 41.5 Å². The summed E-state index contributed by atoms with van der Waals surface area (Å²) in [4.78, 5) is 20.0. The highest BCUT2D eigenvalue weighted by atomic mass is 15.5. The smallest absolute Gasteiger partial charge is 0.189 e. The van der Waals surface area contributed by atoms with Crippen molar-refractivity contribution in [3.05, 3.63) is 59.9 Å². The van der Waals surface area contributed by atoms with Gasteiger partial charge in [-0.2, -0.15) is 4.68 Å². The maximum atomic E-state index is 4.58. The molecule has 0 unspecified atom stereocenters. The van der Waals surface area contributed by atoms with Crippen LogP contribution in [0.2, 0.25) is 0 Å². The Morgan fingerprint density at radius 2 is 1.92 bits per heavy atom. The molecular formula is C18H16N8. The molecule has 1 aliphatic rings. The summed E-state index contributed by atoms with van der Waals surface area (Å²) in [5.41, 5.74) is 4.57. The first-order valence-electron chi connectivity index (χ1n) is 8.48. The Morgan fingerprint density at radius 3 is 2.81 bits per heavy atom. The van der Waals surface area contributed by atoms with Gasteiger partial charge >= 0.3 is 0 Å². The van der Waals surface area contributed by atoms with E-state index in [9.17, 15) is 0 Å². The molecule has 0 saturated heterocycles. The minimum Gasteiger partial charge on any atom is -0.348 e. The van der Waals surface area contributed by atoms with Gasteiger partial charge in [0.15, 0.2) is 17.0 Å². The molecule has 1 aromatic carbocycles. The third-order valence-electron chi connectivity index (χ3n) is 4.59. The zero-order chi connectivity index (χ0) is 17.5. The van der Waals surface area contributed by atoms with Crippen molar-refractivity contribution < 1.29 is 0 Å². The highest BCUT2D eigenvalue weighted by Gasteiger charge is 2.23. The van der Waals surface area contributed by atoms with Crippen molar-refractivity contribution in [2.24, 2.45) is 0 Å². The van der Waals surface area contributed by atoms with Crippen LogP contribution in [0.3, 0.4) is 0 Å². The average Bonchev–Trinajstić information content (AvgIpc) is 3.12. The second kappa shape index (κ2) is 5.83. The van der Waals surface area contributed by atoms with Crippen LogP contribution in [0.5, 0.6) is 0 Å². The van der Waals surface area contributed by atoms with Gasteiger partial charge in [0.25, 0.3) is 0 Å². The summed E-state index contributed by atoms with van der Waals surface area (Å²) in [5.74, 6) is 1.58. The molecule has 0 spiro atoms. The van der Waals surface area contributed by atoms with Gasteiger partial charge in [-0.25, -0.2) is 19.9 Å². The number of hydrogen-bond donors (Lipinski definition) is 0. The number of para-hydroxylation sites is 1. The van der Waals surface area contributed by atoms with E-state index in [0.29, 0.717) is 17.7 Å². The van der Waals surface area contributed by atoms with E-state index in [4.69, 9.17) is 0 Å². The highest BCUT2D eigenvalue weighted by Crippen LogP contribution is 2.26. The Morgan fingerprint density at radius 1 is 1.04 bits per heavy atom. The second-order valence-corrected chi connectivity index (χ2v) is 6.27. The molecule has 8 heteroatoms. The molecule has 0 radical (unpaired) electrons. The number of nitrogens with zero attached hydrogens (tertiary/aromatic N) is 8. The van der Waals surface area contributed by atoms with Crippen molar-refractivity contribution in [1.82, 2.24) is 34.9 Å². The molecule has 8 nitrogen and oxygen atoms in total. The maximum absolute atomic E-state index is 4.58. The highest BCUT2D eigenvalue weighted by molar-refractivity contribution is 5.83. The Hall–Kier alpha value is -3.42. The van der Waals surface area contributed by atoms with Crippen LogP contribution in [0.4, 0.5) is 5.82 Å². The average molecular weight is 344 g/mol. The first-order valence-corrected chi connectivity index (χ1v) is 8.48. The Balaban J connectivity index is 1.57. The lowest BCUT2D eigenvalue weighted by atomic mass is 10.1. The molecule has 0 bridgehead atoms. The molecule has 0 saturated carbocycles. The summed E-state index contributed by atoms with van der Waals surface area (Å²) < 4.78 is 1.74. The van der Waals surface area contributed by atoms with Crippen LogP contribution in [0.1, 0.15) is 17.1 Å². The largest absolute Gasteiger partial charge is 0.348 e. The predicted molar refractivity (Wildman–Crippen MR) is 96.0 cm³/mol. The standard InChI is InChI=1S/C18H16N8/c1-12-19-9-13-7-8-25(10-15(13)22-12)17-16-18(21-11-20-17)26(24-23-16)14-5-3-2-4-6-14/h2-6,9,11H,7-8,10H2,1H3. The molecule has 1 aliphatic heterocycles. The fraction of sp³-hybridized carbons (Fsp3) is 0.222. The van der Waals surface area contributed by atoms with E-state index in [1.807, 2.05) is 43.5 Å². The first-order chi connectivity index (χ1) is 12.8. The van der Waals surface area contributed by atoms with Gasteiger partial charge in [0.05, 0.1) is 17.9 Å². The van der Waals surface area contributed by atoms with Gasteiger partial charge in [-0.15, -0.1) is 5.10 Å². The van der Waals surface area contributed by atoms with Crippen LogP contribution in [0.15, 0.2) is 42.9 Å². The molecule has 4 aromatic rings. The lowest BCUT2D eigenvalue weighted by molar-refractivity contribution is 0.690. The SMILES string of the molecule is Cc1ncc2c(n1)CN(c1ncnc3c1nnn3-c1ccccc1)CC2. The summed E-state index contributed by atoms with van der Waals surface area (Å²) >= 11 is 0. The van der Waals surface area contributed by atoms with Crippen molar-refractivity contribution in [3.63, 3.8) is 0 Å².